The highest BCUT2D eigenvalue weighted by molar-refractivity contribution is 6.31. The van der Waals surface area contributed by atoms with E-state index in [2.05, 4.69) is 14.9 Å². The molecule has 0 radical (unpaired) electrons. The standard InChI is InChI=1S/C10H12Cl2N2O3/c1-10(2,5-17-9(15)16-3)6-4-7(11)13-14-8(6)12/h4H,5H2,1-3H3. The number of halogens is 2. The summed E-state index contributed by atoms with van der Waals surface area (Å²) in [4.78, 5) is 10.9. The van der Waals surface area contributed by atoms with Crippen molar-refractivity contribution < 1.29 is 14.3 Å². The third-order valence-corrected chi connectivity index (χ3v) is 2.63. The van der Waals surface area contributed by atoms with E-state index in [1.54, 1.807) is 6.07 Å². The highest BCUT2D eigenvalue weighted by Gasteiger charge is 2.27. The number of methoxy groups -OCH3 is 1. The second-order valence-electron chi connectivity index (χ2n) is 4.00. The van der Waals surface area contributed by atoms with Gasteiger partial charge in [0, 0.05) is 11.0 Å². The predicted octanol–water partition coefficient (Wildman–Crippen LogP) is 2.84. The molecule has 0 aliphatic carbocycles. The van der Waals surface area contributed by atoms with Crippen molar-refractivity contribution in [3.05, 3.63) is 21.9 Å². The van der Waals surface area contributed by atoms with Gasteiger partial charge in [0.15, 0.2) is 10.3 Å². The fourth-order valence-electron chi connectivity index (χ4n) is 1.20. The van der Waals surface area contributed by atoms with Gasteiger partial charge in [-0.15, -0.1) is 10.2 Å². The first kappa shape index (κ1) is 14.0. The molecule has 1 heterocycles. The maximum atomic E-state index is 10.9. The number of hydrogen-bond acceptors (Lipinski definition) is 5. The van der Waals surface area contributed by atoms with E-state index < -0.39 is 11.6 Å². The lowest BCUT2D eigenvalue weighted by molar-refractivity contribution is 0.0578. The zero-order valence-electron chi connectivity index (χ0n) is 9.66. The summed E-state index contributed by atoms with van der Waals surface area (Å²) in [6.07, 6.45) is -0.748. The number of nitrogens with zero attached hydrogens (tertiary/aromatic N) is 2. The number of ether oxygens (including phenoxy) is 2. The first-order valence-corrected chi connectivity index (χ1v) is 5.52. The average molecular weight is 279 g/mol. The Bertz CT molecular complexity index is 424. The lowest BCUT2D eigenvalue weighted by atomic mass is 9.87. The van der Waals surface area contributed by atoms with Crippen LogP contribution in [0.5, 0.6) is 0 Å². The summed E-state index contributed by atoms with van der Waals surface area (Å²) in [6.45, 7) is 3.78. The quantitative estimate of drug-likeness (QED) is 0.796. The minimum Gasteiger partial charge on any atom is -0.438 e. The van der Waals surface area contributed by atoms with E-state index >= 15 is 0 Å². The molecule has 0 aliphatic heterocycles. The highest BCUT2D eigenvalue weighted by Crippen LogP contribution is 2.29. The van der Waals surface area contributed by atoms with Crippen LogP contribution < -0.4 is 0 Å². The molecule has 0 amide bonds. The molecule has 0 saturated heterocycles. The highest BCUT2D eigenvalue weighted by atomic mass is 35.5. The van der Waals surface area contributed by atoms with E-state index in [1.807, 2.05) is 13.8 Å². The molecule has 0 spiro atoms. The lowest BCUT2D eigenvalue weighted by Gasteiger charge is -2.24. The fourth-order valence-corrected chi connectivity index (χ4v) is 1.70. The summed E-state index contributed by atoms with van der Waals surface area (Å²) in [5, 5.41) is 7.78. The SMILES string of the molecule is COC(=O)OCC(C)(C)c1cc(Cl)nnc1Cl. The van der Waals surface area contributed by atoms with Crippen molar-refractivity contribution in [3.8, 4) is 0 Å². The van der Waals surface area contributed by atoms with Crippen LogP contribution in [0.4, 0.5) is 4.79 Å². The van der Waals surface area contributed by atoms with Gasteiger partial charge in [0.05, 0.1) is 7.11 Å². The maximum Gasteiger partial charge on any atom is 0.508 e. The zero-order chi connectivity index (χ0) is 13.1. The summed E-state index contributed by atoms with van der Waals surface area (Å²) >= 11 is 11.7. The first-order chi connectivity index (χ1) is 7.86. The smallest absolute Gasteiger partial charge is 0.438 e. The van der Waals surface area contributed by atoms with E-state index in [-0.39, 0.29) is 16.9 Å². The van der Waals surface area contributed by atoms with Gasteiger partial charge in [-0.1, -0.05) is 37.0 Å². The molecular formula is C10H12Cl2N2O3. The number of aromatic nitrogens is 2. The molecule has 0 saturated carbocycles. The van der Waals surface area contributed by atoms with Gasteiger partial charge in [-0.2, -0.15) is 0 Å². The Labute approximate surface area is 109 Å². The van der Waals surface area contributed by atoms with Gasteiger partial charge < -0.3 is 9.47 Å². The normalized spacial score (nSPS) is 11.1. The van der Waals surface area contributed by atoms with E-state index in [4.69, 9.17) is 27.9 Å². The molecule has 0 atom stereocenters. The van der Waals surface area contributed by atoms with E-state index in [9.17, 15) is 4.79 Å². The molecule has 0 unspecified atom stereocenters. The summed E-state index contributed by atoms with van der Waals surface area (Å²) in [5.74, 6) is 0. The van der Waals surface area contributed by atoms with Gasteiger partial charge in [0.25, 0.3) is 0 Å². The molecule has 1 aromatic rings. The Hall–Kier alpha value is -1.07. The third kappa shape index (κ3) is 3.71. The van der Waals surface area contributed by atoms with Crippen LogP contribution in [-0.4, -0.2) is 30.1 Å². The molecule has 0 N–H and O–H groups in total. The largest absolute Gasteiger partial charge is 0.508 e. The zero-order valence-corrected chi connectivity index (χ0v) is 11.2. The van der Waals surface area contributed by atoms with Crippen LogP contribution in [0.1, 0.15) is 19.4 Å². The molecule has 7 heteroatoms. The Balaban J connectivity index is 2.88. The topological polar surface area (TPSA) is 61.3 Å². The lowest BCUT2D eigenvalue weighted by Crippen LogP contribution is -2.27. The fraction of sp³-hybridized carbons (Fsp3) is 0.500. The monoisotopic (exact) mass is 278 g/mol. The Morgan fingerprint density at radius 3 is 2.65 bits per heavy atom. The maximum absolute atomic E-state index is 10.9. The average Bonchev–Trinajstić information content (AvgIpc) is 2.29. The number of rotatable bonds is 3. The van der Waals surface area contributed by atoms with Crippen molar-refractivity contribution in [1.82, 2.24) is 10.2 Å². The number of hydrogen-bond donors (Lipinski definition) is 0. The second-order valence-corrected chi connectivity index (χ2v) is 4.74. The van der Waals surface area contributed by atoms with Crippen molar-refractivity contribution >= 4 is 29.4 Å². The Morgan fingerprint density at radius 2 is 2.06 bits per heavy atom. The van der Waals surface area contributed by atoms with Gasteiger partial charge in [-0.25, -0.2) is 4.79 Å². The molecule has 17 heavy (non-hydrogen) atoms. The van der Waals surface area contributed by atoms with Gasteiger partial charge in [-0.3, -0.25) is 0 Å². The minimum absolute atomic E-state index is 0.0986. The van der Waals surface area contributed by atoms with Crippen LogP contribution in [0.3, 0.4) is 0 Å². The van der Waals surface area contributed by atoms with Gasteiger partial charge in [-0.05, 0) is 6.07 Å². The molecule has 0 aliphatic rings. The summed E-state index contributed by atoms with van der Waals surface area (Å²) in [7, 11) is 1.24. The molecular weight excluding hydrogens is 267 g/mol. The van der Waals surface area contributed by atoms with Crippen LogP contribution in [0.15, 0.2) is 6.07 Å². The predicted molar refractivity (Wildman–Crippen MR) is 63.4 cm³/mol. The second kappa shape index (κ2) is 5.51. The summed E-state index contributed by atoms with van der Waals surface area (Å²) < 4.78 is 9.28. The summed E-state index contributed by atoms with van der Waals surface area (Å²) in [5.41, 5.74) is 0.119. The molecule has 94 valence electrons. The van der Waals surface area contributed by atoms with Crippen LogP contribution >= 0.6 is 23.2 Å². The minimum atomic E-state index is -0.748. The van der Waals surface area contributed by atoms with Crippen molar-refractivity contribution in [2.24, 2.45) is 0 Å². The first-order valence-electron chi connectivity index (χ1n) is 4.77. The number of carbonyl (C=O) groups is 1. The summed E-state index contributed by atoms with van der Waals surface area (Å²) in [6, 6.07) is 1.59. The molecule has 5 nitrogen and oxygen atoms in total. The van der Waals surface area contributed by atoms with Gasteiger partial charge in [0.2, 0.25) is 0 Å². The van der Waals surface area contributed by atoms with Crippen molar-refractivity contribution in [2.75, 3.05) is 13.7 Å². The van der Waals surface area contributed by atoms with Gasteiger partial charge in [0.1, 0.15) is 6.61 Å². The van der Waals surface area contributed by atoms with Crippen molar-refractivity contribution in [1.29, 1.82) is 0 Å². The molecule has 0 bridgehead atoms. The number of carbonyl (C=O) groups excluding carboxylic acids is 1. The van der Waals surface area contributed by atoms with E-state index in [1.165, 1.54) is 7.11 Å². The third-order valence-electron chi connectivity index (χ3n) is 2.17. The van der Waals surface area contributed by atoms with Crippen LogP contribution in [-0.2, 0) is 14.9 Å². The molecule has 1 aromatic heterocycles. The Kier molecular flexibility index (Phi) is 4.54. The van der Waals surface area contributed by atoms with E-state index in [0.717, 1.165) is 0 Å². The Morgan fingerprint density at radius 1 is 1.41 bits per heavy atom. The van der Waals surface area contributed by atoms with Crippen LogP contribution in [0.25, 0.3) is 0 Å². The van der Waals surface area contributed by atoms with Crippen molar-refractivity contribution in [2.45, 2.75) is 19.3 Å². The van der Waals surface area contributed by atoms with Crippen LogP contribution in [0, 0.1) is 0 Å². The molecule has 0 fully saturated rings. The van der Waals surface area contributed by atoms with Gasteiger partial charge >= 0.3 is 6.16 Å². The molecule has 0 aromatic carbocycles. The molecule has 1 rings (SSSR count). The van der Waals surface area contributed by atoms with Crippen LogP contribution in [0.2, 0.25) is 10.3 Å². The van der Waals surface area contributed by atoms with Crippen molar-refractivity contribution in [3.63, 3.8) is 0 Å². The van der Waals surface area contributed by atoms with E-state index in [0.29, 0.717) is 5.56 Å².